The SMILES string of the molecule is NC(c1ccc(F)c(Cl)c1O)C1CC1. The van der Waals surface area contributed by atoms with Gasteiger partial charge in [0.2, 0.25) is 0 Å². The number of aromatic hydroxyl groups is 1. The van der Waals surface area contributed by atoms with Crippen LogP contribution >= 0.6 is 11.6 Å². The number of rotatable bonds is 2. The Balaban J connectivity index is 2.38. The lowest BCUT2D eigenvalue weighted by Crippen LogP contribution is -2.12. The molecular weight excluding hydrogens is 205 g/mol. The lowest BCUT2D eigenvalue weighted by molar-refractivity contribution is 0.450. The Labute approximate surface area is 86.5 Å². The van der Waals surface area contributed by atoms with Crippen molar-refractivity contribution >= 4 is 11.6 Å². The largest absolute Gasteiger partial charge is 0.506 e. The van der Waals surface area contributed by atoms with Crippen molar-refractivity contribution in [3.8, 4) is 5.75 Å². The van der Waals surface area contributed by atoms with Gasteiger partial charge < -0.3 is 10.8 Å². The molecule has 0 aliphatic heterocycles. The van der Waals surface area contributed by atoms with Crippen LogP contribution in [0.2, 0.25) is 5.02 Å². The van der Waals surface area contributed by atoms with Gasteiger partial charge in [-0.2, -0.15) is 0 Å². The molecule has 76 valence electrons. The van der Waals surface area contributed by atoms with E-state index in [4.69, 9.17) is 17.3 Å². The van der Waals surface area contributed by atoms with E-state index in [0.29, 0.717) is 11.5 Å². The van der Waals surface area contributed by atoms with Gasteiger partial charge in [0.1, 0.15) is 16.6 Å². The first-order valence-corrected chi connectivity index (χ1v) is 4.91. The number of hydrogen-bond donors (Lipinski definition) is 2. The van der Waals surface area contributed by atoms with Crippen molar-refractivity contribution in [1.82, 2.24) is 0 Å². The van der Waals surface area contributed by atoms with E-state index >= 15 is 0 Å². The molecule has 1 aromatic carbocycles. The summed E-state index contributed by atoms with van der Waals surface area (Å²) in [5, 5.41) is 9.34. The van der Waals surface area contributed by atoms with E-state index < -0.39 is 5.82 Å². The first-order valence-electron chi connectivity index (χ1n) is 4.53. The quantitative estimate of drug-likeness (QED) is 0.797. The van der Waals surface area contributed by atoms with Crippen molar-refractivity contribution < 1.29 is 9.50 Å². The minimum absolute atomic E-state index is 0.217. The summed E-state index contributed by atoms with van der Waals surface area (Å²) in [6.45, 7) is 0. The van der Waals surface area contributed by atoms with Crippen molar-refractivity contribution in [3.05, 3.63) is 28.5 Å². The van der Waals surface area contributed by atoms with Gasteiger partial charge in [0.25, 0.3) is 0 Å². The second kappa shape index (κ2) is 3.41. The molecule has 2 nitrogen and oxygen atoms in total. The molecule has 0 amide bonds. The van der Waals surface area contributed by atoms with Crippen molar-refractivity contribution in [2.24, 2.45) is 11.7 Å². The second-order valence-corrected chi connectivity index (χ2v) is 4.04. The molecule has 0 bridgehead atoms. The Morgan fingerprint density at radius 1 is 1.50 bits per heavy atom. The topological polar surface area (TPSA) is 46.2 Å². The highest BCUT2D eigenvalue weighted by Gasteiger charge is 2.31. The van der Waals surface area contributed by atoms with Crippen LogP contribution in [0.1, 0.15) is 24.4 Å². The zero-order valence-corrected chi connectivity index (χ0v) is 8.26. The highest BCUT2D eigenvalue weighted by atomic mass is 35.5. The van der Waals surface area contributed by atoms with Gasteiger partial charge in [-0.3, -0.25) is 0 Å². The highest BCUT2D eigenvalue weighted by molar-refractivity contribution is 6.32. The summed E-state index contributed by atoms with van der Waals surface area (Å²) in [6.07, 6.45) is 2.13. The van der Waals surface area contributed by atoms with E-state index in [2.05, 4.69) is 0 Å². The van der Waals surface area contributed by atoms with E-state index in [0.717, 1.165) is 12.8 Å². The summed E-state index contributed by atoms with van der Waals surface area (Å²) in [7, 11) is 0. The summed E-state index contributed by atoms with van der Waals surface area (Å²) in [5.74, 6) is -0.426. The van der Waals surface area contributed by atoms with Gasteiger partial charge in [-0.05, 0) is 24.8 Å². The van der Waals surface area contributed by atoms with E-state index in [1.165, 1.54) is 12.1 Å². The molecule has 1 saturated carbocycles. The maximum atomic E-state index is 12.9. The minimum atomic E-state index is -0.615. The summed E-state index contributed by atoms with van der Waals surface area (Å²) in [6, 6.07) is 2.51. The Morgan fingerprint density at radius 2 is 2.14 bits per heavy atom. The van der Waals surface area contributed by atoms with Crippen LogP contribution in [0, 0.1) is 11.7 Å². The maximum Gasteiger partial charge on any atom is 0.145 e. The van der Waals surface area contributed by atoms with Crippen LogP contribution in [0.4, 0.5) is 4.39 Å². The molecule has 0 saturated heterocycles. The van der Waals surface area contributed by atoms with Crippen LogP contribution < -0.4 is 5.73 Å². The molecule has 0 heterocycles. The molecule has 14 heavy (non-hydrogen) atoms. The summed E-state index contributed by atoms with van der Waals surface area (Å²) in [4.78, 5) is 0. The molecule has 1 unspecified atom stereocenters. The normalized spacial score (nSPS) is 18.2. The molecule has 2 rings (SSSR count). The number of hydrogen-bond acceptors (Lipinski definition) is 2. The number of phenols is 1. The van der Waals surface area contributed by atoms with Gasteiger partial charge >= 0.3 is 0 Å². The maximum absolute atomic E-state index is 12.9. The van der Waals surface area contributed by atoms with E-state index in [1.807, 2.05) is 0 Å². The van der Waals surface area contributed by atoms with Gasteiger partial charge in [-0.25, -0.2) is 4.39 Å². The fraction of sp³-hybridized carbons (Fsp3) is 0.400. The minimum Gasteiger partial charge on any atom is -0.506 e. The average molecular weight is 216 g/mol. The highest BCUT2D eigenvalue weighted by Crippen LogP contribution is 2.43. The summed E-state index contributed by atoms with van der Waals surface area (Å²) >= 11 is 5.57. The van der Waals surface area contributed by atoms with Crippen molar-refractivity contribution in [2.45, 2.75) is 18.9 Å². The van der Waals surface area contributed by atoms with Crippen LogP contribution in [-0.2, 0) is 0 Å². The molecule has 0 radical (unpaired) electrons. The smallest absolute Gasteiger partial charge is 0.145 e. The lowest BCUT2D eigenvalue weighted by Gasteiger charge is -2.13. The molecule has 0 aromatic heterocycles. The van der Waals surface area contributed by atoms with Crippen molar-refractivity contribution in [2.75, 3.05) is 0 Å². The van der Waals surface area contributed by atoms with Crippen LogP contribution in [0.25, 0.3) is 0 Å². The third kappa shape index (κ3) is 1.57. The molecule has 1 aliphatic rings. The summed E-state index contributed by atoms with van der Waals surface area (Å²) < 4.78 is 12.9. The zero-order valence-electron chi connectivity index (χ0n) is 7.50. The zero-order chi connectivity index (χ0) is 10.3. The first kappa shape index (κ1) is 9.74. The molecule has 0 spiro atoms. The fourth-order valence-corrected chi connectivity index (χ4v) is 1.71. The second-order valence-electron chi connectivity index (χ2n) is 3.66. The van der Waals surface area contributed by atoms with E-state index in [-0.39, 0.29) is 16.8 Å². The predicted molar refractivity (Wildman–Crippen MR) is 52.7 cm³/mol. The molecule has 4 heteroatoms. The number of nitrogens with two attached hydrogens (primary N) is 1. The Bertz CT molecular complexity index is 365. The van der Waals surface area contributed by atoms with Gasteiger partial charge in [0.15, 0.2) is 0 Å². The number of benzene rings is 1. The first-order chi connectivity index (χ1) is 6.61. The van der Waals surface area contributed by atoms with Crippen molar-refractivity contribution in [3.63, 3.8) is 0 Å². The van der Waals surface area contributed by atoms with Crippen LogP contribution in [0.3, 0.4) is 0 Å². The molecule has 3 N–H and O–H groups in total. The van der Waals surface area contributed by atoms with Gasteiger partial charge in [0, 0.05) is 11.6 Å². The fourth-order valence-electron chi connectivity index (χ4n) is 1.53. The van der Waals surface area contributed by atoms with E-state index in [9.17, 15) is 9.50 Å². The number of halogens is 2. The third-order valence-corrected chi connectivity index (χ3v) is 2.95. The third-order valence-electron chi connectivity index (χ3n) is 2.59. The predicted octanol–water partition coefficient (Wildman–Crippen LogP) is 2.59. The molecular formula is C10H11ClFNO. The van der Waals surface area contributed by atoms with Gasteiger partial charge in [0.05, 0.1) is 0 Å². The Morgan fingerprint density at radius 3 is 2.71 bits per heavy atom. The molecule has 1 aromatic rings. The standard InChI is InChI=1S/C10H11ClFNO/c11-8-7(12)4-3-6(10(8)14)9(13)5-1-2-5/h3-5,9,14H,1-2,13H2. The van der Waals surface area contributed by atoms with Gasteiger partial charge in [-0.1, -0.05) is 17.7 Å². The van der Waals surface area contributed by atoms with Crippen LogP contribution in [0.15, 0.2) is 12.1 Å². The van der Waals surface area contributed by atoms with Gasteiger partial charge in [-0.15, -0.1) is 0 Å². The van der Waals surface area contributed by atoms with Crippen molar-refractivity contribution in [1.29, 1.82) is 0 Å². The van der Waals surface area contributed by atoms with Crippen LogP contribution in [0.5, 0.6) is 5.75 Å². The Hall–Kier alpha value is -0.800. The van der Waals surface area contributed by atoms with E-state index in [1.54, 1.807) is 0 Å². The van der Waals surface area contributed by atoms with Crippen LogP contribution in [-0.4, -0.2) is 5.11 Å². The molecule has 1 fully saturated rings. The number of phenolic OH excluding ortho intramolecular Hbond substituents is 1. The molecule has 1 atom stereocenters. The summed E-state index contributed by atoms with van der Waals surface area (Å²) in [5.41, 5.74) is 6.42. The lowest BCUT2D eigenvalue weighted by atomic mass is 10.0. The monoisotopic (exact) mass is 215 g/mol. The average Bonchev–Trinajstić information content (AvgIpc) is 2.97. The molecule has 1 aliphatic carbocycles. The Kier molecular flexibility index (Phi) is 2.37.